The van der Waals surface area contributed by atoms with E-state index < -0.39 is 23.4 Å². The number of alkyl carbamates (subject to hydrolysis) is 1. The van der Waals surface area contributed by atoms with E-state index in [1.54, 1.807) is 20.8 Å². The fourth-order valence-corrected chi connectivity index (χ4v) is 2.46. The van der Waals surface area contributed by atoms with Crippen molar-refractivity contribution in [2.45, 2.75) is 39.0 Å². The number of carbonyl (C=O) groups excluding carboxylic acids is 1. The van der Waals surface area contributed by atoms with E-state index in [0.29, 0.717) is 17.7 Å². The van der Waals surface area contributed by atoms with Gasteiger partial charge in [-0.25, -0.2) is 4.79 Å². The summed E-state index contributed by atoms with van der Waals surface area (Å²) in [5.74, 6) is 0. The van der Waals surface area contributed by atoms with Gasteiger partial charge in [0.2, 0.25) is 0 Å². The number of halogens is 3. The lowest BCUT2D eigenvalue weighted by Gasteiger charge is -2.19. The number of carbonyl (C=O) groups is 1. The Labute approximate surface area is 173 Å². The van der Waals surface area contributed by atoms with Crippen LogP contribution in [0.4, 0.5) is 18.0 Å². The van der Waals surface area contributed by atoms with Gasteiger partial charge in [0.15, 0.2) is 0 Å². The van der Waals surface area contributed by atoms with Gasteiger partial charge in [0.1, 0.15) is 12.2 Å². The van der Waals surface area contributed by atoms with Gasteiger partial charge in [0.05, 0.1) is 17.8 Å². The van der Waals surface area contributed by atoms with Crippen molar-refractivity contribution < 1.29 is 27.5 Å². The van der Waals surface area contributed by atoms with Gasteiger partial charge in [-0.15, -0.1) is 0 Å². The summed E-state index contributed by atoms with van der Waals surface area (Å²) in [7, 11) is 0. The van der Waals surface area contributed by atoms with Crippen LogP contribution in [0.1, 0.15) is 37.5 Å². The second-order valence-corrected chi connectivity index (χ2v) is 7.54. The van der Waals surface area contributed by atoms with Gasteiger partial charge in [0, 0.05) is 6.42 Å². The van der Waals surface area contributed by atoms with Gasteiger partial charge < -0.3 is 14.9 Å². The fraction of sp³-hybridized carbons (Fsp3) is 0.364. The molecule has 0 spiro atoms. The van der Waals surface area contributed by atoms with Crippen LogP contribution in [0, 0.1) is 0 Å². The zero-order chi connectivity index (χ0) is 22.2. The predicted octanol–water partition coefficient (Wildman–Crippen LogP) is 5.19. The maximum Gasteiger partial charge on any atom is 0.416 e. The number of nitrogens with zero attached hydrogens (tertiary/aromatic N) is 1. The molecule has 0 fully saturated rings. The summed E-state index contributed by atoms with van der Waals surface area (Å²) in [4.78, 5) is 16.9. The molecule has 0 aliphatic carbocycles. The van der Waals surface area contributed by atoms with Crippen molar-refractivity contribution in [3.8, 4) is 0 Å². The molecule has 5 nitrogen and oxygen atoms in total. The van der Waals surface area contributed by atoms with E-state index in [4.69, 9.17) is 9.57 Å². The number of benzene rings is 2. The molecule has 0 heterocycles. The molecule has 2 rings (SSSR count). The first-order valence-electron chi connectivity index (χ1n) is 9.42. The molecule has 0 unspecified atom stereocenters. The summed E-state index contributed by atoms with van der Waals surface area (Å²) in [5.41, 5.74) is 0.604. The Morgan fingerprint density at radius 3 is 2.20 bits per heavy atom. The lowest BCUT2D eigenvalue weighted by Crippen LogP contribution is -2.34. The highest BCUT2D eigenvalue weighted by Crippen LogP contribution is 2.29. The largest absolute Gasteiger partial charge is 0.444 e. The van der Waals surface area contributed by atoms with Crippen molar-refractivity contribution in [3.63, 3.8) is 0 Å². The van der Waals surface area contributed by atoms with Crippen molar-refractivity contribution >= 4 is 11.8 Å². The monoisotopic (exact) mass is 422 g/mol. The molecule has 162 valence electrons. The second-order valence-electron chi connectivity index (χ2n) is 7.54. The van der Waals surface area contributed by atoms with Crippen LogP contribution in [0.2, 0.25) is 0 Å². The van der Waals surface area contributed by atoms with E-state index in [1.165, 1.54) is 12.1 Å². The first-order valence-corrected chi connectivity index (χ1v) is 9.42. The minimum absolute atomic E-state index is 0.0815. The Morgan fingerprint density at radius 2 is 1.63 bits per heavy atom. The highest BCUT2D eigenvalue weighted by molar-refractivity contribution is 6.01. The average Bonchev–Trinajstić information content (AvgIpc) is 2.65. The van der Waals surface area contributed by atoms with Gasteiger partial charge in [-0.05, 0) is 44.0 Å². The molecular formula is C22H25F3N2O3. The van der Waals surface area contributed by atoms with Crippen LogP contribution >= 0.6 is 0 Å². The minimum atomic E-state index is -4.40. The summed E-state index contributed by atoms with van der Waals surface area (Å²) in [6.07, 6.45) is -4.59. The van der Waals surface area contributed by atoms with Gasteiger partial charge in [-0.2, -0.15) is 13.2 Å². The molecule has 0 aliphatic heterocycles. The number of ether oxygens (including phenoxy) is 1. The lowest BCUT2D eigenvalue weighted by atomic mass is 10.0. The summed E-state index contributed by atoms with van der Waals surface area (Å²) >= 11 is 0. The molecule has 8 heteroatoms. The van der Waals surface area contributed by atoms with Crippen LogP contribution in [0.25, 0.3) is 0 Å². The molecule has 2 aromatic rings. The molecule has 1 amide bonds. The molecule has 30 heavy (non-hydrogen) atoms. The Morgan fingerprint density at radius 1 is 1.00 bits per heavy atom. The third-order valence-corrected chi connectivity index (χ3v) is 3.80. The van der Waals surface area contributed by atoms with Gasteiger partial charge in [-0.1, -0.05) is 47.6 Å². The van der Waals surface area contributed by atoms with Crippen LogP contribution in [-0.4, -0.2) is 30.6 Å². The molecule has 0 aliphatic rings. The maximum absolute atomic E-state index is 12.8. The first-order chi connectivity index (χ1) is 14.0. The molecule has 0 bridgehead atoms. The van der Waals surface area contributed by atoms with E-state index >= 15 is 0 Å². The van der Waals surface area contributed by atoms with Crippen LogP contribution in [-0.2, 0) is 22.2 Å². The molecule has 1 N–H and O–H groups in total. The maximum atomic E-state index is 12.8. The highest BCUT2D eigenvalue weighted by Gasteiger charge is 2.30. The topological polar surface area (TPSA) is 59.9 Å². The molecule has 0 atom stereocenters. The van der Waals surface area contributed by atoms with Crippen LogP contribution in [0.15, 0.2) is 59.8 Å². The van der Waals surface area contributed by atoms with E-state index in [9.17, 15) is 18.0 Å². The van der Waals surface area contributed by atoms with Crippen molar-refractivity contribution in [1.82, 2.24) is 5.32 Å². The Balaban J connectivity index is 2.04. The summed E-state index contributed by atoms with van der Waals surface area (Å²) in [6, 6.07) is 14.2. The van der Waals surface area contributed by atoms with Gasteiger partial charge >= 0.3 is 12.3 Å². The third kappa shape index (κ3) is 8.14. The SMILES string of the molecule is CC(C)(C)OC(=O)NCCO/N=C(/Cc1ccccc1)c1ccc(C(F)(F)F)cc1. The van der Waals surface area contributed by atoms with Crippen molar-refractivity contribution in [2.24, 2.45) is 5.16 Å². The van der Waals surface area contributed by atoms with E-state index in [-0.39, 0.29) is 13.2 Å². The number of hydrogen-bond acceptors (Lipinski definition) is 4. The molecular weight excluding hydrogens is 397 g/mol. The number of nitrogens with one attached hydrogen (secondary N) is 1. The highest BCUT2D eigenvalue weighted by atomic mass is 19.4. The van der Waals surface area contributed by atoms with Gasteiger partial charge in [0.25, 0.3) is 0 Å². The molecule has 0 radical (unpaired) electrons. The van der Waals surface area contributed by atoms with Crippen molar-refractivity contribution in [2.75, 3.05) is 13.2 Å². The zero-order valence-electron chi connectivity index (χ0n) is 17.1. The van der Waals surface area contributed by atoms with E-state index in [0.717, 1.165) is 17.7 Å². The number of oxime groups is 1. The Kier molecular flexibility index (Phi) is 7.86. The lowest BCUT2D eigenvalue weighted by molar-refractivity contribution is -0.137. The third-order valence-electron chi connectivity index (χ3n) is 3.80. The summed E-state index contributed by atoms with van der Waals surface area (Å²) < 4.78 is 43.6. The zero-order valence-corrected chi connectivity index (χ0v) is 17.1. The quantitative estimate of drug-likeness (QED) is 0.379. The number of hydrogen-bond donors (Lipinski definition) is 1. The van der Waals surface area contributed by atoms with E-state index in [1.807, 2.05) is 30.3 Å². The number of rotatable bonds is 7. The summed E-state index contributed by atoms with van der Waals surface area (Å²) in [5, 5.41) is 6.64. The molecule has 2 aromatic carbocycles. The number of amides is 1. The standard InChI is InChI=1S/C22H25F3N2O3/c1-21(2,3)30-20(28)26-13-14-29-27-19(15-16-7-5-4-6-8-16)17-9-11-18(12-10-17)22(23,24)25/h4-12H,13-15H2,1-3H3,(H,26,28)/b27-19-. The number of alkyl halides is 3. The smallest absolute Gasteiger partial charge is 0.416 e. The molecule has 0 aromatic heterocycles. The normalized spacial score (nSPS) is 12.4. The molecule has 0 saturated carbocycles. The van der Waals surface area contributed by atoms with Crippen LogP contribution < -0.4 is 5.32 Å². The summed E-state index contributed by atoms with van der Waals surface area (Å²) in [6.45, 7) is 5.52. The van der Waals surface area contributed by atoms with Crippen LogP contribution in [0.3, 0.4) is 0 Å². The Bertz CT molecular complexity index is 843. The van der Waals surface area contributed by atoms with Crippen LogP contribution in [0.5, 0.6) is 0 Å². The molecule has 0 saturated heterocycles. The van der Waals surface area contributed by atoms with E-state index in [2.05, 4.69) is 10.5 Å². The van der Waals surface area contributed by atoms with Crippen molar-refractivity contribution in [1.29, 1.82) is 0 Å². The van der Waals surface area contributed by atoms with Gasteiger partial charge in [-0.3, -0.25) is 0 Å². The predicted molar refractivity (Wildman–Crippen MR) is 108 cm³/mol. The second kappa shape index (κ2) is 10.1. The Hall–Kier alpha value is -3.03. The fourth-order valence-electron chi connectivity index (χ4n) is 2.46. The minimum Gasteiger partial charge on any atom is -0.444 e. The van der Waals surface area contributed by atoms with Crippen molar-refractivity contribution in [3.05, 3.63) is 71.3 Å². The average molecular weight is 422 g/mol. The first kappa shape index (κ1) is 23.3.